The van der Waals surface area contributed by atoms with Crippen molar-refractivity contribution in [2.24, 2.45) is 0 Å². The molecule has 0 bridgehead atoms. The molecule has 2 aromatic rings. The second-order valence-corrected chi connectivity index (χ2v) is 6.80. The number of methoxy groups -OCH3 is 1. The molecule has 29 heavy (non-hydrogen) atoms. The first-order chi connectivity index (χ1) is 13.6. The molecule has 0 radical (unpaired) electrons. The van der Waals surface area contributed by atoms with Crippen LogP contribution in [0.15, 0.2) is 42.5 Å². The molecule has 0 saturated heterocycles. The summed E-state index contributed by atoms with van der Waals surface area (Å²) in [6.45, 7) is 5.47. The summed E-state index contributed by atoms with van der Waals surface area (Å²) in [4.78, 5) is 12.2. The Hall–Kier alpha value is -2.90. The SMILES string of the molecule is COc1cc(C(C)NC(=O)CNc2cccc(C(F)(F)F)c2)ccc1OC(C)C. The van der Waals surface area contributed by atoms with E-state index in [4.69, 9.17) is 9.47 Å². The molecule has 0 aliphatic carbocycles. The van der Waals surface area contributed by atoms with Crippen molar-refractivity contribution in [3.63, 3.8) is 0 Å². The van der Waals surface area contributed by atoms with Gasteiger partial charge >= 0.3 is 6.18 Å². The largest absolute Gasteiger partial charge is 0.493 e. The number of halogens is 3. The molecule has 0 fully saturated rings. The van der Waals surface area contributed by atoms with Gasteiger partial charge in [0.25, 0.3) is 0 Å². The van der Waals surface area contributed by atoms with Gasteiger partial charge in [0.1, 0.15) is 0 Å². The Morgan fingerprint density at radius 1 is 1.07 bits per heavy atom. The lowest BCUT2D eigenvalue weighted by Gasteiger charge is -2.18. The molecule has 0 aliphatic heterocycles. The molecule has 5 nitrogen and oxygen atoms in total. The van der Waals surface area contributed by atoms with E-state index < -0.39 is 11.7 Å². The van der Waals surface area contributed by atoms with Crippen molar-refractivity contribution in [3.05, 3.63) is 53.6 Å². The van der Waals surface area contributed by atoms with E-state index >= 15 is 0 Å². The summed E-state index contributed by atoms with van der Waals surface area (Å²) in [7, 11) is 1.54. The molecule has 2 aromatic carbocycles. The van der Waals surface area contributed by atoms with Crippen molar-refractivity contribution in [1.82, 2.24) is 5.32 Å². The highest BCUT2D eigenvalue weighted by atomic mass is 19.4. The van der Waals surface area contributed by atoms with Crippen LogP contribution in [0.5, 0.6) is 11.5 Å². The highest BCUT2D eigenvalue weighted by Crippen LogP contribution is 2.32. The predicted molar refractivity (Wildman–Crippen MR) is 105 cm³/mol. The Morgan fingerprint density at radius 2 is 1.79 bits per heavy atom. The van der Waals surface area contributed by atoms with Crippen molar-refractivity contribution in [3.8, 4) is 11.5 Å². The first kappa shape index (κ1) is 22.4. The van der Waals surface area contributed by atoms with Crippen LogP contribution >= 0.6 is 0 Å². The third kappa shape index (κ3) is 6.58. The number of amides is 1. The van der Waals surface area contributed by atoms with Crippen LogP contribution in [0.3, 0.4) is 0 Å². The maximum absolute atomic E-state index is 12.8. The molecular formula is C21H25F3N2O3. The molecule has 0 aromatic heterocycles. The smallest absolute Gasteiger partial charge is 0.416 e. The molecule has 0 aliphatic rings. The number of rotatable bonds is 8. The summed E-state index contributed by atoms with van der Waals surface area (Å²) < 4.78 is 49.3. The third-order valence-corrected chi connectivity index (χ3v) is 4.07. The lowest BCUT2D eigenvalue weighted by Crippen LogP contribution is -2.32. The van der Waals surface area contributed by atoms with Crippen LogP contribution in [-0.2, 0) is 11.0 Å². The fraction of sp³-hybridized carbons (Fsp3) is 0.381. The zero-order valence-electron chi connectivity index (χ0n) is 16.8. The Kier molecular flexibility index (Phi) is 7.36. The monoisotopic (exact) mass is 410 g/mol. The highest BCUT2D eigenvalue weighted by Gasteiger charge is 2.30. The van der Waals surface area contributed by atoms with E-state index in [2.05, 4.69) is 10.6 Å². The maximum atomic E-state index is 12.8. The van der Waals surface area contributed by atoms with Crippen molar-refractivity contribution >= 4 is 11.6 Å². The van der Waals surface area contributed by atoms with Crippen LogP contribution < -0.4 is 20.1 Å². The first-order valence-corrected chi connectivity index (χ1v) is 9.15. The van der Waals surface area contributed by atoms with Gasteiger partial charge in [-0.05, 0) is 56.7 Å². The lowest BCUT2D eigenvalue weighted by molar-refractivity contribution is -0.137. The zero-order chi connectivity index (χ0) is 21.6. The topological polar surface area (TPSA) is 59.6 Å². The molecular weight excluding hydrogens is 385 g/mol. The summed E-state index contributed by atoms with van der Waals surface area (Å²) in [6, 6.07) is 9.77. The highest BCUT2D eigenvalue weighted by molar-refractivity contribution is 5.81. The summed E-state index contributed by atoms with van der Waals surface area (Å²) >= 11 is 0. The minimum atomic E-state index is -4.43. The number of benzene rings is 2. The number of hydrogen-bond acceptors (Lipinski definition) is 4. The van der Waals surface area contributed by atoms with Crippen molar-refractivity contribution < 1.29 is 27.4 Å². The quantitative estimate of drug-likeness (QED) is 0.657. The van der Waals surface area contributed by atoms with Crippen molar-refractivity contribution in [2.45, 2.75) is 39.1 Å². The van der Waals surface area contributed by atoms with Gasteiger partial charge < -0.3 is 20.1 Å². The van der Waals surface area contributed by atoms with Crippen LogP contribution in [0, 0.1) is 0 Å². The second kappa shape index (κ2) is 9.54. The van der Waals surface area contributed by atoms with Gasteiger partial charge in [-0.1, -0.05) is 12.1 Å². The Balaban J connectivity index is 1.97. The first-order valence-electron chi connectivity index (χ1n) is 9.15. The van der Waals surface area contributed by atoms with Gasteiger partial charge in [0.15, 0.2) is 11.5 Å². The summed E-state index contributed by atoms with van der Waals surface area (Å²) in [5, 5.41) is 5.51. The number of carbonyl (C=O) groups is 1. The molecule has 0 heterocycles. The Morgan fingerprint density at radius 3 is 2.41 bits per heavy atom. The molecule has 2 N–H and O–H groups in total. The fourth-order valence-corrected chi connectivity index (χ4v) is 2.67. The molecule has 1 unspecified atom stereocenters. The molecule has 1 atom stereocenters. The van der Waals surface area contributed by atoms with Gasteiger partial charge in [0.2, 0.25) is 5.91 Å². The normalized spacial score (nSPS) is 12.4. The Bertz CT molecular complexity index is 838. The summed E-state index contributed by atoms with van der Waals surface area (Å²) in [6.07, 6.45) is -4.44. The standard InChI is InChI=1S/C21H25F3N2O3/c1-13(2)29-18-9-8-15(10-19(18)28-4)14(3)26-20(27)12-25-17-7-5-6-16(11-17)21(22,23)24/h5-11,13-14,25H,12H2,1-4H3,(H,26,27). The van der Waals surface area contributed by atoms with Gasteiger partial charge in [0, 0.05) is 5.69 Å². The molecule has 0 saturated carbocycles. The molecule has 2 rings (SSSR count). The van der Waals surface area contributed by atoms with E-state index in [0.29, 0.717) is 11.5 Å². The molecule has 158 valence electrons. The van der Waals surface area contributed by atoms with Gasteiger partial charge in [-0.15, -0.1) is 0 Å². The zero-order valence-corrected chi connectivity index (χ0v) is 16.8. The number of nitrogens with one attached hydrogen (secondary N) is 2. The average molecular weight is 410 g/mol. The van der Waals surface area contributed by atoms with E-state index in [1.165, 1.54) is 19.2 Å². The Labute approximate surface area is 168 Å². The number of ether oxygens (including phenoxy) is 2. The van der Waals surface area contributed by atoms with Gasteiger partial charge in [-0.25, -0.2) is 0 Å². The van der Waals surface area contributed by atoms with E-state index in [1.54, 1.807) is 19.1 Å². The van der Waals surface area contributed by atoms with E-state index in [1.807, 2.05) is 19.9 Å². The van der Waals surface area contributed by atoms with Crippen molar-refractivity contribution in [1.29, 1.82) is 0 Å². The van der Waals surface area contributed by atoms with Gasteiger partial charge in [-0.3, -0.25) is 4.79 Å². The second-order valence-electron chi connectivity index (χ2n) is 6.80. The molecule has 0 spiro atoms. The molecule has 1 amide bonds. The average Bonchev–Trinajstić information content (AvgIpc) is 2.65. The lowest BCUT2D eigenvalue weighted by atomic mass is 10.1. The molecule has 8 heteroatoms. The van der Waals surface area contributed by atoms with E-state index in [0.717, 1.165) is 17.7 Å². The van der Waals surface area contributed by atoms with Crippen LogP contribution in [0.25, 0.3) is 0 Å². The predicted octanol–water partition coefficient (Wildman–Crippen LogP) is 4.79. The fourth-order valence-electron chi connectivity index (χ4n) is 2.67. The van der Waals surface area contributed by atoms with Crippen LogP contribution in [0.4, 0.5) is 18.9 Å². The van der Waals surface area contributed by atoms with Crippen molar-refractivity contribution in [2.75, 3.05) is 19.0 Å². The maximum Gasteiger partial charge on any atom is 0.416 e. The van der Waals surface area contributed by atoms with Gasteiger partial charge in [-0.2, -0.15) is 13.2 Å². The van der Waals surface area contributed by atoms with Crippen LogP contribution in [-0.4, -0.2) is 25.7 Å². The third-order valence-electron chi connectivity index (χ3n) is 4.07. The van der Waals surface area contributed by atoms with E-state index in [9.17, 15) is 18.0 Å². The minimum absolute atomic E-state index is 0.00574. The number of anilines is 1. The minimum Gasteiger partial charge on any atom is -0.493 e. The number of carbonyl (C=O) groups excluding carboxylic acids is 1. The summed E-state index contributed by atoms with van der Waals surface area (Å²) in [5.74, 6) is 0.812. The van der Waals surface area contributed by atoms with Crippen LogP contribution in [0.2, 0.25) is 0 Å². The van der Waals surface area contributed by atoms with Gasteiger partial charge in [0.05, 0.1) is 31.4 Å². The summed E-state index contributed by atoms with van der Waals surface area (Å²) in [5.41, 5.74) is 0.261. The number of hydrogen-bond donors (Lipinski definition) is 2. The van der Waals surface area contributed by atoms with Crippen LogP contribution in [0.1, 0.15) is 37.9 Å². The number of alkyl halides is 3. The van der Waals surface area contributed by atoms with E-state index in [-0.39, 0.29) is 30.3 Å².